The third-order valence-corrected chi connectivity index (χ3v) is 2.56. The first-order valence-corrected chi connectivity index (χ1v) is 5.34. The molecule has 90 valence electrons. The first kappa shape index (κ1) is 11.4. The molecule has 0 aliphatic carbocycles. The Balaban J connectivity index is 1.95. The molecule has 1 amide bonds. The van der Waals surface area contributed by atoms with Crippen LogP contribution in [0.25, 0.3) is 0 Å². The van der Waals surface area contributed by atoms with Crippen LogP contribution in [0.3, 0.4) is 0 Å². The quantitative estimate of drug-likeness (QED) is 0.624. The molecule has 1 N–H and O–H groups in total. The molecular weight excluding hydrogens is 222 g/mol. The number of methoxy groups -OCH3 is 1. The Morgan fingerprint density at radius 1 is 1.29 bits per heavy atom. The lowest BCUT2D eigenvalue weighted by molar-refractivity contribution is -0.137. The highest BCUT2D eigenvalue weighted by Crippen LogP contribution is 2.18. The van der Waals surface area contributed by atoms with Crippen molar-refractivity contribution in [2.75, 3.05) is 7.11 Å². The molecule has 0 radical (unpaired) electrons. The molecule has 1 heterocycles. The normalized spacial score (nSPS) is 18.6. The number of ether oxygens (including phenoxy) is 2. The standard InChI is InChI=1S/C12H13NO4/c1-16-8-2-4-9(5-3-8)17-12(15)10-6-7-11(14)13-10/h2-5,10H,6-7H2,1H3,(H,13,14)/t10-/m0/s1. The number of benzene rings is 1. The van der Waals surface area contributed by atoms with Crippen LogP contribution in [0.1, 0.15) is 12.8 Å². The Morgan fingerprint density at radius 2 is 1.94 bits per heavy atom. The summed E-state index contributed by atoms with van der Waals surface area (Å²) in [5, 5.41) is 2.56. The van der Waals surface area contributed by atoms with Crippen LogP contribution in [0, 0.1) is 0 Å². The van der Waals surface area contributed by atoms with Gasteiger partial charge in [-0.2, -0.15) is 0 Å². The summed E-state index contributed by atoms with van der Waals surface area (Å²) in [5.41, 5.74) is 0. The number of carbonyl (C=O) groups is 2. The molecule has 5 nitrogen and oxygen atoms in total. The van der Waals surface area contributed by atoms with Crippen molar-refractivity contribution in [3.63, 3.8) is 0 Å². The number of esters is 1. The summed E-state index contributed by atoms with van der Waals surface area (Å²) in [6.45, 7) is 0. The van der Waals surface area contributed by atoms with Crippen molar-refractivity contribution in [3.8, 4) is 11.5 Å². The van der Waals surface area contributed by atoms with Crippen molar-refractivity contribution >= 4 is 11.9 Å². The highest BCUT2D eigenvalue weighted by atomic mass is 16.5. The zero-order valence-corrected chi connectivity index (χ0v) is 9.43. The van der Waals surface area contributed by atoms with Crippen LogP contribution >= 0.6 is 0 Å². The van der Waals surface area contributed by atoms with E-state index in [1.807, 2.05) is 0 Å². The van der Waals surface area contributed by atoms with E-state index in [2.05, 4.69) is 5.32 Å². The van der Waals surface area contributed by atoms with E-state index in [1.54, 1.807) is 31.4 Å². The minimum atomic E-state index is -0.524. The van der Waals surface area contributed by atoms with E-state index < -0.39 is 12.0 Å². The summed E-state index contributed by atoms with van der Waals surface area (Å²) in [4.78, 5) is 22.6. The third kappa shape index (κ3) is 2.75. The van der Waals surface area contributed by atoms with Gasteiger partial charge in [-0.3, -0.25) is 4.79 Å². The lowest BCUT2D eigenvalue weighted by Crippen LogP contribution is -2.36. The molecule has 1 saturated heterocycles. The summed E-state index contributed by atoms with van der Waals surface area (Å²) in [6, 6.07) is 6.18. The van der Waals surface area contributed by atoms with Crippen LogP contribution < -0.4 is 14.8 Å². The van der Waals surface area contributed by atoms with Crippen LogP contribution in [0.15, 0.2) is 24.3 Å². The molecular formula is C12H13NO4. The third-order valence-electron chi connectivity index (χ3n) is 2.56. The van der Waals surface area contributed by atoms with Gasteiger partial charge < -0.3 is 14.8 Å². The van der Waals surface area contributed by atoms with E-state index in [0.29, 0.717) is 24.3 Å². The molecule has 1 aromatic rings. The monoisotopic (exact) mass is 235 g/mol. The molecule has 17 heavy (non-hydrogen) atoms. The SMILES string of the molecule is COc1ccc(OC(=O)[C@@H]2CCC(=O)N2)cc1. The zero-order chi connectivity index (χ0) is 12.3. The number of carbonyl (C=O) groups excluding carboxylic acids is 2. The fraction of sp³-hybridized carbons (Fsp3) is 0.333. The fourth-order valence-electron chi connectivity index (χ4n) is 1.62. The summed E-state index contributed by atoms with van der Waals surface area (Å²) < 4.78 is 10.1. The second-order valence-electron chi connectivity index (χ2n) is 3.76. The highest BCUT2D eigenvalue weighted by molar-refractivity contribution is 5.88. The fourth-order valence-corrected chi connectivity index (χ4v) is 1.62. The van der Waals surface area contributed by atoms with Crippen LogP contribution in [0.5, 0.6) is 11.5 Å². The Bertz CT molecular complexity index is 427. The molecule has 2 rings (SSSR count). The molecule has 1 aliphatic heterocycles. The van der Waals surface area contributed by atoms with Gasteiger partial charge in [0.1, 0.15) is 17.5 Å². The lowest BCUT2D eigenvalue weighted by Gasteiger charge is -2.09. The summed E-state index contributed by atoms with van der Waals surface area (Å²) in [7, 11) is 1.56. The van der Waals surface area contributed by atoms with E-state index in [1.165, 1.54) is 0 Å². The number of hydrogen-bond acceptors (Lipinski definition) is 4. The van der Waals surface area contributed by atoms with Crippen molar-refractivity contribution < 1.29 is 19.1 Å². The Hall–Kier alpha value is -2.04. The lowest BCUT2D eigenvalue weighted by atomic mass is 10.2. The van der Waals surface area contributed by atoms with Crippen molar-refractivity contribution in [3.05, 3.63) is 24.3 Å². The minimum absolute atomic E-state index is 0.110. The number of rotatable bonds is 3. The maximum absolute atomic E-state index is 11.6. The highest BCUT2D eigenvalue weighted by Gasteiger charge is 2.28. The molecule has 0 unspecified atom stereocenters. The second-order valence-corrected chi connectivity index (χ2v) is 3.76. The average molecular weight is 235 g/mol. The maximum Gasteiger partial charge on any atom is 0.334 e. The largest absolute Gasteiger partial charge is 0.497 e. The van der Waals surface area contributed by atoms with E-state index in [0.717, 1.165) is 0 Å². The van der Waals surface area contributed by atoms with Gasteiger partial charge >= 0.3 is 5.97 Å². The second kappa shape index (κ2) is 4.86. The molecule has 0 spiro atoms. The molecule has 1 aromatic carbocycles. The Kier molecular flexibility index (Phi) is 3.27. The van der Waals surface area contributed by atoms with Crippen molar-refractivity contribution in [1.29, 1.82) is 0 Å². The van der Waals surface area contributed by atoms with E-state index in [4.69, 9.17) is 9.47 Å². The summed E-state index contributed by atoms with van der Waals surface area (Å²) in [5.74, 6) is 0.596. The van der Waals surface area contributed by atoms with Crippen molar-refractivity contribution in [2.24, 2.45) is 0 Å². The van der Waals surface area contributed by atoms with E-state index >= 15 is 0 Å². The van der Waals surface area contributed by atoms with Crippen LogP contribution in [0.4, 0.5) is 0 Å². The minimum Gasteiger partial charge on any atom is -0.497 e. The van der Waals surface area contributed by atoms with Crippen molar-refractivity contribution in [1.82, 2.24) is 5.32 Å². The predicted molar refractivity (Wildman–Crippen MR) is 59.8 cm³/mol. The average Bonchev–Trinajstić information content (AvgIpc) is 2.77. The Morgan fingerprint density at radius 3 is 2.47 bits per heavy atom. The summed E-state index contributed by atoms with van der Waals surface area (Å²) >= 11 is 0. The van der Waals surface area contributed by atoms with Gasteiger partial charge in [0, 0.05) is 6.42 Å². The van der Waals surface area contributed by atoms with Crippen LogP contribution in [0.2, 0.25) is 0 Å². The number of amides is 1. The van der Waals surface area contributed by atoms with Gasteiger partial charge in [0.25, 0.3) is 0 Å². The van der Waals surface area contributed by atoms with Crippen LogP contribution in [-0.4, -0.2) is 25.0 Å². The maximum atomic E-state index is 11.6. The molecule has 0 aromatic heterocycles. The number of nitrogens with one attached hydrogen (secondary N) is 1. The van der Waals surface area contributed by atoms with Gasteiger partial charge in [-0.05, 0) is 30.7 Å². The zero-order valence-electron chi connectivity index (χ0n) is 9.43. The van der Waals surface area contributed by atoms with Gasteiger partial charge in [-0.1, -0.05) is 0 Å². The molecule has 1 atom stereocenters. The molecule has 0 bridgehead atoms. The first-order valence-electron chi connectivity index (χ1n) is 5.34. The molecule has 1 aliphatic rings. The number of hydrogen-bond donors (Lipinski definition) is 1. The Labute approximate surface area is 98.7 Å². The smallest absolute Gasteiger partial charge is 0.334 e. The molecule has 0 saturated carbocycles. The van der Waals surface area contributed by atoms with Gasteiger partial charge in [-0.25, -0.2) is 4.79 Å². The van der Waals surface area contributed by atoms with Crippen molar-refractivity contribution in [2.45, 2.75) is 18.9 Å². The topological polar surface area (TPSA) is 64.6 Å². The van der Waals surface area contributed by atoms with Gasteiger partial charge in [-0.15, -0.1) is 0 Å². The predicted octanol–water partition coefficient (Wildman–Crippen LogP) is 0.879. The van der Waals surface area contributed by atoms with Gasteiger partial charge in [0.15, 0.2) is 0 Å². The van der Waals surface area contributed by atoms with E-state index in [-0.39, 0.29) is 5.91 Å². The van der Waals surface area contributed by atoms with Crippen LogP contribution in [-0.2, 0) is 9.59 Å². The van der Waals surface area contributed by atoms with Gasteiger partial charge in [0.05, 0.1) is 7.11 Å². The van der Waals surface area contributed by atoms with E-state index in [9.17, 15) is 9.59 Å². The molecule has 1 fully saturated rings. The van der Waals surface area contributed by atoms with Gasteiger partial charge in [0.2, 0.25) is 5.91 Å². The molecule has 5 heteroatoms. The summed E-state index contributed by atoms with van der Waals surface area (Å²) in [6.07, 6.45) is 0.871. The first-order chi connectivity index (χ1) is 8.19.